The van der Waals surface area contributed by atoms with Crippen molar-refractivity contribution < 1.29 is 0 Å². The Morgan fingerprint density at radius 3 is 1.29 bits per heavy atom. The average Bonchev–Trinajstić information content (AvgIpc) is 3.65. The molecular weight excluding hydrogens is 952 g/mol. The molecule has 5 nitrogen and oxygen atoms in total. The van der Waals surface area contributed by atoms with Crippen molar-refractivity contribution in [2.75, 3.05) is 24.5 Å². The van der Waals surface area contributed by atoms with Crippen LogP contribution in [0.1, 0.15) is 32.1 Å². The van der Waals surface area contributed by atoms with Crippen LogP contribution in [-0.4, -0.2) is 25.5 Å². The van der Waals surface area contributed by atoms with Crippen molar-refractivity contribution in [2.24, 2.45) is 11.8 Å². The number of fused-ring (bicyclic) bond motifs is 8. The van der Waals surface area contributed by atoms with Crippen molar-refractivity contribution in [3.8, 4) is 0 Å². The zero-order chi connectivity index (χ0) is 50.3. The van der Waals surface area contributed by atoms with Gasteiger partial charge in [-0.1, -0.05) is 151 Å². The fourth-order valence-corrected chi connectivity index (χ4v) is 16.7. The fourth-order valence-electron chi connectivity index (χ4n) is 15.5. The average molecular weight is 1010 g/mol. The Balaban J connectivity index is 0.935. The lowest BCUT2D eigenvalue weighted by Crippen LogP contribution is -2.64. The highest BCUT2D eigenvalue weighted by Gasteiger charge is 2.50. The molecule has 4 fully saturated rings. The first-order valence-corrected chi connectivity index (χ1v) is 28.6. The molecule has 366 valence electrons. The normalized spacial score (nSPS) is 19.5. The molecule has 0 amide bonds. The molecule has 0 radical (unpaired) electrons. The molecule has 4 bridgehead atoms. The Hall–Kier alpha value is -8.32. The van der Waals surface area contributed by atoms with Gasteiger partial charge < -0.3 is 24.5 Å². The number of piperidine rings is 2. The predicted octanol–water partition coefficient (Wildman–Crippen LogP) is 13.8. The van der Waals surface area contributed by atoms with Crippen LogP contribution in [0.4, 0.5) is 73.9 Å². The molecule has 0 N–H and O–H groups in total. The van der Waals surface area contributed by atoms with Gasteiger partial charge in [-0.25, -0.2) is 0 Å². The molecule has 8 aliphatic rings. The standard InChI is InChI=1S/C69H53B2N5S/c1-6-20-47(21-7-1)72(48-22-8-2-9-23-48)54-39-63-68-64(40-54)76(51-28-14-5-15-29-51)62-44-66-59(43-58(62)70(68)56-30-16-18-32-60(56)74(63)49-24-10-3-11-25-49)71-57-31-17-19-33-61(57)75(50-26-12-4-13-27-50)65-41-55(42-67(77-66)69(65)71)73-52-35-45-34-46(37-52)38-53(73)36-45/h1-33,39-46,52-53H,34-38H2. The molecule has 77 heavy (non-hydrogen) atoms. The van der Waals surface area contributed by atoms with E-state index in [1.54, 1.807) is 0 Å². The first-order chi connectivity index (χ1) is 38.2. The SMILES string of the molecule is c1ccc(N(c2ccccc2)c2cc3c4c(c2)N(c2ccccc2)c2cc5c(cc2B4c2ccccc2N3c2ccccc2)B2c3ccccc3N(c3ccccc3)c3cc(N4C6CC7CC(C6)CC4C7)cc(c32)S5)cc1. The van der Waals surface area contributed by atoms with Crippen molar-refractivity contribution >= 4 is 132 Å². The summed E-state index contributed by atoms with van der Waals surface area (Å²) >= 11 is 2.00. The minimum Gasteiger partial charge on any atom is -0.365 e. The van der Waals surface area contributed by atoms with E-state index in [4.69, 9.17) is 0 Å². The predicted molar refractivity (Wildman–Crippen MR) is 325 cm³/mol. The molecule has 6 heterocycles. The first kappa shape index (κ1) is 43.9. The lowest BCUT2D eigenvalue weighted by molar-refractivity contribution is 0.0900. The molecule has 0 aromatic heterocycles. The highest BCUT2D eigenvalue weighted by atomic mass is 32.2. The van der Waals surface area contributed by atoms with Crippen molar-refractivity contribution in [3.63, 3.8) is 0 Å². The number of rotatable bonds is 7. The van der Waals surface area contributed by atoms with E-state index in [9.17, 15) is 0 Å². The van der Waals surface area contributed by atoms with E-state index in [1.807, 2.05) is 11.8 Å². The van der Waals surface area contributed by atoms with Gasteiger partial charge in [0.15, 0.2) is 0 Å². The first-order valence-electron chi connectivity index (χ1n) is 27.8. The molecule has 2 saturated heterocycles. The van der Waals surface area contributed by atoms with Gasteiger partial charge in [-0.2, -0.15) is 0 Å². The van der Waals surface area contributed by atoms with E-state index in [0.29, 0.717) is 12.1 Å². The number of hydrogen-bond donors (Lipinski definition) is 0. The highest BCUT2D eigenvalue weighted by molar-refractivity contribution is 8.00. The van der Waals surface area contributed by atoms with Gasteiger partial charge in [0.05, 0.1) is 5.69 Å². The molecule has 2 saturated carbocycles. The summed E-state index contributed by atoms with van der Waals surface area (Å²) in [5.74, 6) is 1.77. The van der Waals surface area contributed by atoms with E-state index in [1.165, 1.54) is 120 Å². The zero-order valence-corrected chi connectivity index (χ0v) is 43.5. The van der Waals surface area contributed by atoms with Gasteiger partial charge in [-0.15, -0.1) is 0 Å². The van der Waals surface area contributed by atoms with E-state index in [-0.39, 0.29) is 13.4 Å². The summed E-state index contributed by atoms with van der Waals surface area (Å²) in [7, 11) is 0. The third kappa shape index (κ3) is 6.64. The summed E-state index contributed by atoms with van der Waals surface area (Å²) in [4.78, 5) is 15.8. The Labute approximate surface area is 456 Å². The van der Waals surface area contributed by atoms with Crippen LogP contribution in [-0.2, 0) is 0 Å². The summed E-state index contributed by atoms with van der Waals surface area (Å²) in [6, 6.07) is 90.3. The zero-order valence-electron chi connectivity index (χ0n) is 42.7. The molecule has 10 aromatic rings. The van der Waals surface area contributed by atoms with Crippen LogP contribution in [0, 0.1) is 11.8 Å². The summed E-state index contributed by atoms with van der Waals surface area (Å²) in [5, 5.41) is 0. The monoisotopic (exact) mass is 1010 g/mol. The van der Waals surface area contributed by atoms with Crippen LogP contribution in [0.2, 0.25) is 0 Å². The minimum atomic E-state index is -0.0509. The van der Waals surface area contributed by atoms with Gasteiger partial charge in [-0.3, -0.25) is 0 Å². The van der Waals surface area contributed by atoms with Gasteiger partial charge in [-0.05, 0) is 174 Å². The molecular formula is C69H53B2N5S. The summed E-state index contributed by atoms with van der Waals surface area (Å²) in [6.07, 6.45) is 6.76. The van der Waals surface area contributed by atoms with Crippen LogP contribution in [0.25, 0.3) is 0 Å². The molecule has 10 aromatic carbocycles. The van der Waals surface area contributed by atoms with Crippen molar-refractivity contribution in [2.45, 2.75) is 54.0 Å². The van der Waals surface area contributed by atoms with Crippen LogP contribution in [0.5, 0.6) is 0 Å². The van der Waals surface area contributed by atoms with Crippen LogP contribution < -0.4 is 57.3 Å². The lowest BCUT2D eigenvalue weighted by atomic mass is 9.31. The summed E-state index contributed by atoms with van der Waals surface area (Å²) in [5.41, 5.74) is 23.8. The Kier molecular flexibility index (Phi) is 9.74. The molecule has 8 heteroatoms. The van der Waals surface area contributed by atoms with Crippen LogP contribution >= 0.6 is 11.8 Å². The molecule has 0 unspecified atom stereocenters. The quantitative estimate of drug-likeness (QED) is 0.147. The number of para-hydroxylation sites is 7. The third-order valence-electron chi connectivity index (χ3n) is 18.2. The molecule has 6 aliphatic heterocycles. The maximum Gasteiger partial charge on any atom is 0.252 e. The third-order valence-corrected chi connectivity index (χ3v) is 19.4. The van der Waals surface area contributed by atoms with Gasteiger partial charge in [0.25, 0.3) is 6.71 Å². The number of nitrogens with zero attached hydrogens (tertiary/aromatic N) is 5. The second-order valence-electron chi connectivity index (χ2n) is 22.5. The van der Waals surface area contributed by atoms with E-state index in [2.05, 4.69) is 261 Å². The number of anilines is 13. The summed E-state index contributed by atoms with van der Waals surface area (Å²) in [6.45, 7) is -0.0105. The number of benzene rings is 10. The topological polar surface area (TPSA) is 16.2 Å². The summed E-state index contributed by atoms with van der Waals surface area (Å²) < 4.78 is 0. The van der Waals surface area contributed by atoms with Gasteiger partial charge in [0.2, 0.25) is 6.71 Å². The minimum absolute atomic E-state index is 0.0404. The van der Waals surface area contributed by atoms with Crippen LogP contribution in [0.15, 0.2) is 246 Å². The van der Waals surface area contributed by atoms with Gasteiger partial charge in [0.1, 0.15) is 0 Å². The Morgan fingerprint density at radius 1 is 0.325 bits per heavy atom. The van der Waals surface area contributed by atoms with E-state index in [0.717, 1.165) is 40.3 Å². The number of hydrogen-bond acceptors (Lipinski definition) is 6. The molecule has 0 spiro atoms. The van der Waals surface area contributed by atoms with Gasteiger partial charge >= 0.3 is 0 Å². The van der Waals surface area contributed by atoms with E-state index >= 15 is 0 Å². The fraction of sp³-hybridized carbons (Fsp3) is 0.130. The Morgan fingerprint density at radius 2 is 0.766 bits per heavy atom. The largest absolute Gasteiger partial charge is 0.365 e. The maximum atomic E-state index is 2.90. The lowest BCUT2D eigenvalue weighted by Gasteiger charge is -2.57. The van der Waals surface area contributed by atoms with E-state index < -0.39 is 0 Å². The second kappa shape index (κ2) is 17.1. The van der Waals surface area contributed by atoms with Crippen molar-refractivity contribution in [1.29, 1.82) is 0 Å². The molecule has 2 aliphatic carbocycles. The Bertz CT molecular complexity index is 3910. The maximum absolute atomic E-state index is 2.90. The molecule has 0 atom stereocenters. The highest BCUT2D eigenvalue weighted by Crippen LogP contribution is 2.54. The smallest absolute Gasteiger partial charge is 0.252 e. The van der Waals surface area contributed by atoms with Crippen molar-refractivity contribution in [1.82, 2.24) is 0 Å². The van der Waals surface area contributed by atoms with Crippen molar-refractivity contribution in [3.05, 3.63) is 237 Å². The molecule has 18 rings (SSSR count). The van der Waals surface area contributed by atoms with Crippen LogP contribution in [0.3, 0.4) is 0 Å². The van der Waals surface area contributed by atoms with Gasteiger partial charge in [0, 0.05) is 90.1 Å². The second-order valence-corrected chi connectivity index (χ2v) is 23.5.